The first-order valence-electron chi connectivity index (χ1n) is 19.0. The molecule has 9 aromatic rings. The largest absolute Gasteiger partial charge is 0.455 e. The molecule has 1 heterocycles. The highest BCUT2D eigenvalue weighted by Crippen LogP contribution is 2.58. The summed E-state index contributed by atoms with van der Waals surface area (Å²) in [5.41, 5.74) is 18.1. The molecule has 0 amide bonds. The first kappa shape index (κ1) is 31.2. The SMILES string of the molecule is CC1(C)c2ccccc2-c2ccc(N(c3ccc(-c4ccccc4)cc3)c3ccc4c(c3)-c3c(c5c6ccccc6oc5c5ccccc35)C4(C)C)cc21. The van der Waals surface area contributed by atoms with Crippen LogP contribution in [0.25, 0.3) is 66.1 Å². The molecular formula is C52H39NO. The van der Waals surface area contributed by atoms with Crippen LogP contribution in [0.2, 0.25) is 0 Å². The van der Waals surface area contributed by atoms with Crippen LogP contribution in [0.1, 0.15) is 49.9 Å². The molecule has 258 valence electrons. The predicted molar refractivity (Wildman–Crippen MR) is 226 cm³/mol. The number of hydrogen-bond acceptors (Lipinski definition) is 2. The van der Waals surface area contributed by atoms with Gasteiger partial charge < -0.3 is 9.32 Å². The lowest BCUT2D eigenvalue weighted by atomic mass is 9.79. The Morgan fingerprint density at radius 2 is 1.02 bits per heavy atom. The third-order valence-electron chi connectivity index (χ3n) is 12.4. The quantitative estimate of drug-likeness (QED) is 0.182. The third-order valence-corrected chi connectivity index (χ3v) is 12.4. The maximum absolute atomic E-state index is 6.67. The van der Waals surface area contributed by atoms with E-state index in [2.05, 4.69) is 196 Å². The lowest BCUT2D eigenvalue weighted by Crippen LogP contribution is -2.17. The van der Waals surface area contributed by atoms with E-state index in [9.17, 15) is 0 Å². The van der Waals surface area contributed by atoms with Crippen LogP contribution in [-0.4, -0.2) is 0 Å². The predicted octanol–water partition coefficient (Wildman–Crippen LogP) is 14.5. The minimum atomic E-state index is -0.232. The van der Waals surface area contributed by atoms with Crippen LogP contribution in [0.4, 0.5) is 17.1 Å². The van der Waals surface area contributed by atoms with E-state index in [-0.39, 0.29) is 10.8 Å². The Morgan fingerprint density at radius 1 is 0.426 bits per heavy atom. The average Bonchev–Trinajstić information content (AvgIpc) is 3.78. The molecule has 0 atom stereocenters. The van der Waals surface area contributed by atoms with Gasteiger partial charge in [0, 0.05) is 44.1 Å². The molecule has 1 aromatic heterocycles. The minimum Gasteiger partial charge on any atom is -0.455 e. The molecule has 0 unspecified atom stereocenters. The Kier molecular flexibility index (Phi) is 6.39. The van der Waals surface area contributed by atoms with Gasteiger partial charge >= 0.3 is 0 Å². The zero-order valence-corrected chi connectivity index (χ0v) is 30.9. The second-order valence-corrected chi connectivity index (χ2v) is 16.1. The summed E-state index contributed by atoms with van der Waals surface area (Å²) in [5.74, 6) is 0. The van der Waals surface area contributed by atoms with Crippen molar-refractivity contribution in [3.63, 3.8) is 0 Å². The Labute approximate surface area is 315 Å². The van der Waals surface area contributed by atoms with Gasteiger partial charge in [0.25, 0.3) is 0 Å². The Hall–Kier alpha value is -6.38. The van der Waals surface area contributed by atoms with Crippen LogP contribution >= 0.6 is 0 Å². The maximum atomic E-state index is 6.67. The van der Waals surface area contributed by atoms with Gasteiger partial charge in [-0.15, -0.1) is 0 Å². The van der Waals surface area contributed by atoms with E-state index in [1.54, 1.807) is 0 Å². The molecule has 0 N–H and O–H groups in total. The van der Waals surface area contributed by atoms with E-state index in [1.807, 2.05) is 0 Å². The van der Waals surface area contributed by atoms with E-state index in [0.717, 1.165) is 33.6 Å². The van der Waals surface area contributed by atoms with Crippen molar-refractivity contribution in [3.8, 4) is 33.4 Å². The zero-order valence-electron chi connectivity index (χ0n) is 30.9. The summed E-state index contributed by atoms with van der Waals surface area (Å²) in [5, 5.41) is 4.80. The van der Waals surface area contributed by atoms with Crippen molar-refractivity contribution in [2.24, 2.45) is 0 Å². The second-order valence-electron chi connectivity index (χ2n) is 16.1. The maximum Gasteiger partial charge on any atom is 0.143 e. The standard InChI is InChI=1S/C52H39NO/c1-51(2)43-20-12-10-16-37(43)38-28-26-36(31-45(38)51)53(34-24-22-33(23-25-34)32-14-6-5-7-15-32)35-27-29-44-42(30-35)47-39-17-8-9-18-40(39)50-48(49(47)52(44,3)4)41-19-11-13-21-46(41)54-50/h5-31H,1-4H3. The van der Waals surface area contributed by atoms with Crippen molar-refractivity contribution in [2.45, 2.75) is 38.5 Å². The van der Waals surface area contributed by atoms with Crippen LogP contribution in [-0.2, 0) is 10.8 Å². The number of fused-ring (bicyclic) bond motifs is 13. The minimum absolute atomic E-state index is 0.108. The molecule has 0 radical (unpaired) electrons. The summed E-state index contributed by atoms with van der Waals surface area (Å²) >= 11 is 0. The summed E-state index contributed by atoms with van der Waals surface area (Å²) in [6.07, 6.45) is 0. The van der Waals surface area contributed by atoms with Crippen molar-refractivity contribution in [2.75, 3.05) is 4.90 Å². The number of benzene rings is 8. The fourth-order valence-electron chi connectivity index (χ4n) is 9.82. The van der Waals surface area contributed by atoms with Crippen molar-refractivity contribution in [1.82, 2.24) is 0 Å². The molecular weight excluding hydrogens is 655 g/mol. The van der Waals surface area contributed by atoms with Crippen molar-refractivity contribution >= 4 is 49.8 Å². The molecule has 0 saturated heterocycles. The van der Waals surface area contributed by atoms with Crippen molar-refractivity contribution < 1.29 is 4.42 Å². The molecule has 2 aliphatic carbocycles. The first-order valence-corrected chi connectivity index (χ1v) is 19.0. The van der Waals surface area contributed by atoms with Crippen LogP contribution in [0.5, 0.6) is 0 Å². The van der Waals surface area contributed by atoms with Crippen LogP contribution in [0.3, 0.4) is 0 Å². The van der Waals surface area contributed by atoms with Gasteiger partial charge in [-0.3, -0.25) is 0 Å². The lowest BCUT2D eigenvalue weighted by molar-refractivity contribution is 0.659. The monoisotopic (exact) mass is 693 g/mol. The summed E-state index contributed by atoms with van der Waals surface area (Å²) in [7, 11) is 0. The molecule has 0 spiro atoms. The average molecular weight is 694 g/mol. The number of rotatable bonds is 4. The molecule has 54 heavy (non-hydrogen) atoms. The summed E-state index contributed by atoms with van der Waals surface area (Å²) < 4.78 is 6.67. The Morgan fingerprint density at radius 3 is 1.83 bits per heavy atom. The summed E-state index contributed by atoms with van der Waals surface area (Å²) in [4.78, 5) is 2.45. The highest BCUT2D eigenvalue weighted by atomic mass is 16.3. The highest BCUT2D eigenvalue weighted by Gasteiger charge is 2.41. The van der Waals surface area contributed by atoms with Gasteiger partial charge in [-0.05, 0) is 103 Å². The number of anilines is 3. The molecule has 0 aliphatic heterocycles. The first-order chi connectivity index (χ1) is 26.3. The molecule has 0 fully saturated rings. The van der Waals surface area contributed by atoms with Crippen molar-refractivity contribution in [1.29, 1.82) is 0 Å². The molecule has 0 bridgehead atoms. The van der Waals surface area contributed by atoms with E-state index in [0.29, 0.717) is 0 Å². The molecule has 2 aliphatic rings. The second kappa shape index (κ2) is 11.1. The highest BCUT2D eigenvalue weighted by molar-refractivity contribution is 6.23. The molecule has 11 rings (SSSR count). The number of furan rings is 1. The van der Waals surface area contributed by atoms with Gasteiger partial charge in [0.2, 0.25) is 0 Å². The summed E-state index contributed by atoms with van der Waals surface area (Å²) in [6, 6.07) is 60.1. The number of para-hydroxylation sites is 1. The normalized spacial score (nSPS) is 14.6. The Bertz CT molecular complexity index is 2980. The van der Waals surface area contributed by atoms with Gasteiger partial charge in [0.1, 0.15) is 11.2 Å². The third kappa shape index (κ3) is 4.23. The van der Waals surface area contributed by atoms with E-state index < -0.39 is 0 Å². The smallest absolute Gasteiger partial charge is 0.143 e. The van der Waals surface area contributed by atoms with E-state index >= 15 is 0 Å². The van der Waals surface area contributed by atoms with Gasteiger partial charge in [-0.25, -0.2) is 0 Å². The lowest BCUT2D eigenvalue weighted by Gasteiger charge is -2.29. The molecule has 2 nitrogen and oxygen atoms in total. The Balaban J connectivity index is 1.15. The van der Waals surface area contributed by atoms with Gasteiger partial charge in [0.05, 0.1) is 0 Å². The van der Waals surface area contributed by atoms with Crippen LogP contribution in [0, 0.1) is 0 Å². The van der Waals surface area contributed by atoms with Crippen LogP contribution in [0.15, 0.2) is 168 Å². The number of nitrogens with zero attached hydrogens (tertiary/aromatic N) is 1. The number of hydrogen-bond donors (Lipinski definition) is 0. The molecule has 0 saturated carbocycles. The van der Waals surface area contributed by atoms with Gasteiger partial charge in [-0.2, -0.15) is 0 Å². The fourth-order valence-corrected chi connectivity index (χ4v) is 9.82. The molecule has 8 aromatic carbocycles. The topological polar surface area (TPSA) is 16.4 Å². The van der Waals surface area contributed by atoms with E-state index in [4.69, 9.17) is 4.42 Å². The van der Waals surface area contributed by atoms with Crippen molar-refractivity contribution in [3.05, 3.63) is 186 Å². The molecule has 2 heteroatoms. The van der Waals surface area contributed by atoms with Gasteiger partial charge in [0.15, 0.2) is 0 Å². The fraction of sp³-hybridized carbons (Fsp3) is 0.115. The van der Waals surface area contributed by atoms with Gasteiger partial charge in [-0.1, -0.05) is 149 Å². The van der Waals surface area contributed by atoms with Crippen LogP contribution < -0.4 is 4.90 Å². The van der Waals surface area contributed by atoms with E-state index in [1.165, 1.54) is 71.8 Å². The zero-order chi connectivity index (χ0) is 36.3. The summed E-state index contributed by atoms with van der Waals surface area (Å²) in [6.45, 7) is 9.49.